The Kier molecular flexibility index (Phi) is 3.89. The summed E-state index contributed by atoms with van der Waals surface area (Å²) >= 11 is 5.00. The third-order valence-corrected chi connectivity index (χ3v) is 2.48. The maximum absolute atomic E-state index is 5.21. The Bertz CT molecular complexity index is 311. The molecule has 0 aliphatic rings. The van der Waals surface area contributed by atoms with Crippen LogP contribution in [-0.4, -0.2) is 19.5 Å². The van der Waals surface area contributed by atoms with E-state index in [2.05, 4.69) is 12.2 Å². The van der Waals surface area contributed by atoms with Crippen molar-refractivity contribution >= 4 is 23.3 Å². The van der Waals surface area contributed by atoms with Gasteiger partial charge in [-0.05, 0) is 18.1 Å². The predicted molar refractivity (Wildman–Crippen MR) is 64.7 cm³/mol. The van der Waals surface area contributed by atoms with Gasteiger partial charge >= 0.3 is 0 Å². The van der Waals surface area contributed by atoms with Crippen molar-refractivity contribution in [2.75, 3.05) is 19.5 Å². The number of rotatable bonds is 4. The Labute approximate surface area is 90.3 Å². The quantitative estimate of drug-likeness (QED) is 0.770. The fourth-order valence-electron chi connectivity index (χ4n) is 1.44. The van der Waals surface area contributed by atoms with Crippen LogP contribution in [0.3, 0.4) is 0 Å². The van der Waals surface area contributed by atoms with Crippen molar-refractivity contribution in [3.63, 3.8) is 0 Å². The molecule has 0 saturated heterocycles. The minimum Gasteiger partial charge on any atom is -0.497 e. The molecule has 3 heteroatoms. The van der Waals surface area contributed by atoms with E-state index in [0.29, 0.717) is 0 Å². The second kappa shape index (κ2) is 4.96. The van der Waals surface area contributed by atoms with Gasteiger partial charge in [-0.1, -0.05) is 19.1 Å². The van der Waals surface area contributed by atoms with Gasteiger partial charge in [-0.2, -0.15) is 0 Å². The molecule has 0 heterocycles. The first-order valence-corrected chi connectivity index (χ1v) is 5.07. The SMILES string of the molecule is CCc1cc(OC)cc(NC)c1C=S. The van der Waals surface area contributed by atoms with Crippen LogP contribution in [-0.2, 0) is 6.42 Å². The molecule has 1 rings (SSSR count). The van der Waals surface area contributed by atoms with Gasteiger partial charge in [0.25, 0.3) is 0 Å². The van der Waals surface area contributed by atoms with Crippen LogP contribution in [0.1, 0.15) is 18.1 Å². The Balaban J connectivity index is 3.31. The number of thiocarbonyl (C=S) groups is 1. The van der Waals surface area contributed by atoms with Gasteiger partial charge in [-0.15, -0.1) is 0 Å². The van der Waals surface area contributed by atoms with Gasteiger partial charge in [0.05, 0.1) is 7.11 Å². The molecule has 0 atom stereocenters. The fraction of sp³-hybridized carbons (Fsp3) is 0.364. The molecular weight excluding hydrogens is 194 g/mol. The molecule has 0 fully saturated rings. The summed E-state index contributed by atoms with van der Waals surface area (Å²) in [6.07, 6.45) is 0.953. The summed E-state index contributed by atoms with van der Waals surface area (Å²) in [5.74, 6) is 0.867. The molecule has 0 aromatic heterocycles. The van der Waals surface area contributed by atoms with E-state index in [1.807, 2.05) is 19.2 Å². The molecule has 0 bridgehead atoms. The first-order valence-electron chi connectivity index (χ1n) is 4.60. The van der Waals surface area contributed by atoms with Crippen LogP contribution in [0.25, 0.3) is 0 Å². The number of nitrogens with one attached hydrogen (secondary N) is 1. The number of benzene rings is 1. The monoisotopic (exact) mass is 209 g/mol. The number of ether oxygens (including phenoxy) is 1. The molecule has 0 aliphatic heterocycles. The van der Waals surface area contributed by atoms with E-state index < -0.39 is 0 Å². The summed E-state index contributed by atoms with van der Waals surface area (Å²) < 4.78 is 5.21. The van der Waals surface area contributed by atoms with Crippen LogP contribution in [0.5, 0.6) is 5.75 Å². The molecule has 1 aromatic rings. The summed E-state index contributed by atoms with van der Waals surface area (Å²) in [6.45, 7) is 2.11. The van der Waals surface area contributed by atoms with Crippen molar-refractivity contribution in [1.82, 2.24) is 0 Å². The fourth-order valence-corrected chi connectivity index (χ4v) is 1.72. The highest BCUT2D eigenvalue weighted by Gasteiger charge is 2.06. The molecule has 14 heavy (non-hydrogen) atoms. The van der Waals surface area contributed by atoms with E-state index in [9.17, 15) is 0 Å². The topological polar surface area (TPSA) is 21.3 Å². The molecule has 0 unspecified atom stereocenters. The molecule has 0 aliphatic carbocycles. The zero-order chi connectivity index (χ0) is 10.6. The number of anilines is 1. The lowest BCUT2D eigenvalue weighted by atomic mass is 10.0. The predicted octanol–water partition coefficient (Wildman–Crippen LogP) is 2.65. The Hall–Kier alpha value is -1.09. The highest BCUT2D eigenvalue weighted by molar-refractivity contribution is 7.79. The molecule has 0 radical (unpaired) electrons. The Morgan fingerprint density at radius 2 is 2.21 bits per heavy atom. The lowest BCUT2D eigenvalue weighted by molar-refractivity contribution is 0.414. The number of hydrogen-bond donors (Lipinski definition) is 1. The van der Waals surface area contributed by atoms with Gasteiger partial charge in [0.15, 0.2) is 0 Å². The molecule has 2 nitrogen and oxygen atoms in total. The first-order chi connectivity index (χ1) is 6.76. The minimum absolute atomic E-state index is 0.867. The van der Waals surface area contributed by atoms with Gasteiger partial charge in [-0.3, -0.25) is 0 Å². The van der Waals surface area contributed by atoms with Crippen molar-refractivity contribution in [3.8, 4) is 5.75 Å². The van der Waals surface area contributed by atoms with Crippen molar-refractivity contribution in [1.29, 1.82) is 0 Å². The highest BCUT2D eigenvalue weighted by Crippen LogP contribution is 2.25. The molecule has 0 amide bonds. The van der Waals surface area contributed by atoms with E-state index in [-0.39, 0.29) is 0 Å². The molecule has 1 aromatic carbocycles. The van der Waals surface area contributed by atoms with Crippen molar-refractivity contribution in [3.05, 3.63) is 23.3 Å². The van der Waals surface area contributed by atoms with Crippen LogP contribution in [0.2, 0.25) is 0 Å². The molecule has 1 N–H and O–H groups in total. The van der Waals surface area contributed by atoms with Crippen molar-refractivity contribution in [2.45, 2.75) is 13.3 Å². The maximum atomic E-state index is 5.21. The maximum Gasteiger partial charge on any atom is 0.121 e. The second-order valence-corrected chi connectivity index (χ2v) is 3.20. The highest BCUT2D eigenvalue weighted by atomic mass is 32.1. The number of aryl methyl sites for hydroxylation is 1. The molecule has 0 spiro atoms. The molecule has 0 saturated carbocycles. The average molecular weight is 209 g/mol. The van der Waals surface area contributed by atoms with Gasteiger partial charge in [0.1, 0.15) is 5.75 Å². The summed E-state index contributed by atoms with van der Waals surface area (Å²) in [7, 11) is 3.56. The van der Waals surface area contributed by atoms with Crippen LogP contribution >= 0.6 is 12.2 Å². The first kappa shape index (κ1) is 11.0. The van der Waals surface area contributed by atoms with Gasteiger partial charge < -0.3 is 10.1 Å². The average Bonchev–Trinajstić information content (AvgIpc) is 2.26. The minimum atomic E-state index is 0.867. The van der Waals surface area contributed by atoms with Gasteiger partial charge in [0.2, 0.25) is 0 Å². The molecular formula is C11H15NOS. The standard InChI is InChI=1S/C11H15NOS/c1-4-8-5-9(13-3)6-11(12-2)10(8)7-14/h5-7,12H,4H2,1-3H3. The smallest absolute Gasteiger partial charge is 0.121 e. The zero-order valence-corrected chi connectivity index (χ0v) is 9.57. The summed E-state index contributed by atoms with van der Waals surface area (Å²) in [5.41, 5.74) is 3.32. The van der Waals surface area contributed by atoms with Gasteiger partial charge in [-0.25, -0.2) is 0 Å². The third kappa shape index (κ3) is 2.04. The largest absolute Gasteiger partial charge is 0.497 e. The van der Waals surface area contributed by atoms with Crippen LogP contribution in [0.15, 0.2) is 12.1 Å². The normalized spacial score (nSPS) is 9.64. The van der Waals surface area contributed by atoms with Crippen LogP contribution in [0.4, 0.5) is 5.69 Å². The molecule has 76 valence electrons. The third-order valence-electron chi connectivity index (χ3n) is 2.24. The van der Waals surface area contributed by atoms with E-state index in [1.165, 1.54) is 5.56 Å². The second-order valence-electron chi connectivity index (χ2n) is 2.97. The van der Waals surface area contributed by atoms with E-state index in [0.717, 1.165) is 23.4 Å². The van der Waals surface area contributed by atoms with E-state index in [4.69, 9.17) is 17.0 Å². The van der Waals surface area contributed by atoms with E-state index >= 15 is 0 Å². The zero-order valence-electron chi connectivity index (χ0n) is 8.76. The summed E-state index contributed by atoms with van der Waals surface area (Å²) in [6, 6.07) is 3.98. The van der Waals surface area contributed by atoms with Gasteiger partial charge in [0, 0.05) is 29.7 Å². The lowest BCUT2D eigenvalue weighted by Crippen LogP contribution is -2.00. The van der Waals surface area contributed by atoms with Crippen LogP contribution < -0.4 is 10.1 Å². The van der Waals surface area contributed by atoms with Crippen molar-refractivity contribution < 1.29 is 4.74 Å². The Morgan fingerprint density at radius 1 is 1.50 bits per heavy atom. The number of methoxy groups -OCH3 is 1. The summed E-state index contributed by atoms with van der Waals surface area (Å²) in [5, 5.41) is 4.83. The van der Waals surface area contributed by atoms with Crippen LogP contribution in [0, 0.1) is 0 Å². The number of hydrogen-bond acceptors (Lipinski definition) is 3. The Morgan fingerprint density at radius 3 is 2.64 bits per heavy atom. The van der Waals surface area contributed by atoms with Crippen molar-refractivity contribution in [2.24, 2.45) is 0 Å². The lowest BCUT2D eigenvalue weighted by Gasteiger charge is -2.12. The van der Waals surface area contributed by atoms with E-state index in [1.54, 1.807) is 12.5 Å². The summed E-state index contributed by atoms with van der Waals surface area (Å²) in [4.78, 5) is 0.